The zero-order chi connectivity index (χ0) is 25.1. The third kappa shape index (κ3) is 5.05. The molecule has 2 aliphatic carbocycles. The first-order chi connectivity index (χ1) is 15.7. The Balaban J connectivity index is 1.68. The number of likely N-dealkylation sites (N-methyl/N-ethyl adjacent to an activating group) is 1. The molecule has 0 radical (unpaired) electrons. The molecule has 2 atom stereocenters. The van der Waals surface area contributed by atoms with E-state index in [9.17, 15) is 4.79 Å². The van der Waals surface area contributed by atoms with E-state index in [4.69, 9.17) is 9.72 Å². The van der Waals surface area contributed by atoms with E-state index in [-0.39, 0.29) is 34.3 Å². The van der Waals surface area contributed by atoms with E-state index in [1.807, 2.05) is 12.1 Å². The molecule has 188 valence electrons. The minimum atomic E-state index is -0.255. The maximum absolute atomic E-state index is 13.9. The van der Waals surface area contributed by atoms with E-state index >= 15 is 0 Å². The number of benzene rings is 1. The molecule has 0 spiro atoms. The lowest BCUT2D eigenvalue weighted by molar-refractivity contribution is -0.0196. The second-order valence-corrected chi connectivity index (χ2v) is 13.6. The van der Waals surface area contributed by atoms with Crippen LogP contribution in [-0.4, -0.2) is 52.5 Å². The van der Waals surface area contributed by atoms with Gasteiger partial charge in [-0.2, -0.15) is 0 Å². The summed E-state index contributed by atoms with van der Waals surface area (Å²) in [6.07, 6.45) is 2.61. The van der Waals surface area contributed by atoms with Gasteiger partial charge in [0.25, 0.3) is 0 Å². The topological polar surface area (TPSA) is 54.5 Å². The molecule has 34 heavy (non-hydrogen) atoms. The number of carbonyl (C=O) groups is 1. The minimum Gasteiger partial charge on any atom is -0.373 e. The Morgan fingerprint density at radius 2 is 1.88 bits per heavy atom. The number of Topliss-reactive ketones (excluding diaryl/α,β-unsaturated/α-hetero) is 1. The van der Waals surface area contributed by atoms with Crippen molar-refractivity contribution in [1.82, 2.24) is 9.88 Å². The summed E-state index contributed by atoms with van der Waals surface area (Å²) in [5.74, 6) is 1.28. The van der Waals surface area contributed by atoms with Crippen molar-refractivity contribution in [3.8, 4) is 0 Å². The van der Waals surface area contributed by atoms with Crippen LogP contribution in [0.3, 0.4) is 0 Å². The summed E-state index contributed by atoms with van der Waals surface area (Å²) in [4.78, 5) is 21.2. The molecule has 5 nitrogen and oxygen atoms in total. The first-order valence-corrected chi connectivity index (χ1v) is 13.7. The summed E-state index contributed by atoms with van der Waals surface area (Å²) in [6, 6.07) is 4.01. The van der Waals surface area contributed by atoms with Crippen LogP contribution >= 0.6 is 11.3 Å². The van der Waals surface area contributed by atoms with Crippen LogP contribution in [0.1, 0.15) is 91.1 Å². The number of hydrogen-bond donors (Lipinski definition) is 1. The second kappa shape index (κ2) is 8.86. The van der Waals surface area contributed by atoms with Crippen LogP contribution in [0.4, 0.5) is 5.13 Å². The van der Waals surface area contributed by atoms with Gasteiger partial charge in [-0.05, 0) is 89.0 Å². The van der Waals surface area contributed by atoms with E-state index < -0.39 is 0 Å². The van der Waals surface area contributed by atoms with E-state index in [1.165, 1.54) is 18.4 Å². The summed E-state index contributed by atoms with van der Waals surface area (Å²) in [5, 5.41) is 4.47. The largest absolute Gasteiger partial charge is 0.373 e. The quantitative estimate of drug-likeness (QED) is 0.462. The van der Waals surface area contributed by atoms with Crippen molar-refractivity contribution in [1.29, 1.82) is 0 Å². The Morgan fingerprint density at radius 1 is 1.21 bits per heavy atom. The van der Waals surface area contributed by atoms with Crippen molar-refractivity contribution in [2.75, 3.05) is 25.0 Å². The lowest BCUT2D eigenvalue weighted by atomic mass is 9.63. The molecular formula is C28H43N3O2S. The molecule has 0 bridgehead atoms. The van der Waals surface area contributed by atoms with Crippen molar-refractivity contribution in [3.05, 3.63) is 23.3 Å². The molecule has 1 fully saturated rings. The van der Waals surface area contributed by atoms with Gasteiger partial charge in [0, 0.05) is 12.1 Å². The molecule has 6 heteroatoms. The van der Waals surface area contributed by atoms with Crippen molar-refractivity contribution in [3.63, 3.8) is 0 Å². The molecule has 1 heterocycles. The van der Waals surface area contributed by atoms with Gasteiger partial charge in [-0.3, -0.25) is 9.69 Å². The molecule has 1 saturated carbocycles. The number of carbonyl (C=O) groups excluding carboxylic acids is 1. The van der Waals surface area contributed by atoms with Crippen molar-refractivity contribution >= 4 is 32.5 Å². The lowest BCUT2D eigenvalue weighted by Crippen LogP contribution is -2.55. The van der Waals surface area contributed by atoms with Crippen molar-refractivity contribution in [2.24, 2.45) is 11.8 Å². The summed E-state index contributed by atoms with van der Waals surface area (Å²) in [5.41, 5.74) is 2.47. The van der Waals surface area contributed by atoms with Gasteiger partial charge in [-0.25, -0.2) is 4.98 Å². The molecule has 1 aromatic carbocycles. The zero-order valence-corrected chi connectivity index (χ0v) is 23.4. The van der Waals surface area contributed by atoms with Gasteiger partial charge in [-0.15, -0.1) is 0 Å². The van der Waals surface area contributed by atoms with E-state index in [1.54, 1.807) is 11.3 Å². The maximum Gasteiger partial charge on any atom is 0.184 e. The zero-order valence-electron chi connectivity index (χ0n) is 22.5. The number of fused-ring (bicyclic) bond motifs is 3. The molecule has 0 aliphatic heterocycles. The van der Waals surface area contributed by atoms with Gasteiger partial charge in [0.1, 0.15) is 0 Å². The Kier molecular flexibility index (Phi) is 6.67. The van der Waals surface area contributed by atoms with Gasteiger partial charge in [0.05, 0.1) is 34.0 Å². The van der Waals surface area contributed by atoms with Crippen LogP contribution in [0.25, 0.3) is 10.2 Å². The van der Waals surface area contributed by atoms with Gasteiger partial charge in [0.15, 0.2) is 10.9 Å². The molecule has 2 aliphatic rings. The molecule has 0 amide bonds. The van der Waals surface area contributed by atoms with E-state index in [0.29, 0.717) is 6.61 Å². The number of nitrogens with zero attached hydrogens (tertiary/aromatic N) is 2. The van der Waals surface area contributed by atoms with Gasteiger partial charge >= 0.3 is 0 Å². The predicted octanol–water partition coefficient (Wildman–Crippen LogP) is 6.51. The highest BCUT2D eigenvalue weighted by molar-refractivity contribution is 7.22. The third-order valence-electron chi connectivity index (χ3n) is 7.65. The second-order valence-electron chi connectivity index (χ2n) is 12.6. The summed E-state index contributed by atoms with van der Waals surface area (Å²) in [6.45, 7) is 22.1. The van der Waals surface area contributed by atoms with Gasteiger partial charge in [0.2, 0.25) is 0 Å². The lowest BCUT2D eigenvalue weighted by Gasteiger charge is -2.46. The number of nitrogens with one attached hydrogen (secondary N) is 1. The molecular weight excluding hydrogens is 442 g/mol. The Bertz CT molecular complexity index is 1060. The number of ether oxygens (including phenoxy) is 1. The highest BCUT2D eigenvalue weighted by Crippen LogP contribution is 2.48. The first-order valence-electron chi connectivity index (χ1n) is 12.9. The van der Waals surface area contributed by atoms with E-state index in [0.717, 1.165) is 39.9 Å². The smallest absolute Gasteiger partial charge is 0.184 e. The normalized spacial score (nSPS) is 22.9. The van der Waals surface area contributed by atoms with Crippen LogP contribution in [0, 0.1) is 11.8 Å². The van der Waals surface area contributed by atoms with Crippen LogP contribution in [0.5, 0.6) is 0 Å². The fourth-order valence-electron chi connectivity index (χ4n) is 5.18. The molecule has 2 aromatic rings. The highest BCUT2D eigenvalue weighted by Gasteiger charge is 2.48. The number of hydrogen-bond acceptors (Lipinski definition) is 6. The van der Waals surface area contributed by atoms with Crippen molar-refractivity contribution in [2.45, 2.75) is 97.8 Å². The number of anilines is 1. The number of rotatable bonds is 8. The standard InChI is InChI=1S/C28H43N3O2S/c1-10-31(15-18-11-12-18)22-17(2)28(8,9)21-19(23(22)32)13-14-20-24(21)34-25(29-20)30-27(6,7)16-33-26(3,4)5/h13-14,17-18,22H,10-12,15-16H2,1-9H3,(H,29,30)/t17-,22?/m0/s1. The van der Waals surface area contributed by atoms with Crippen molar-refractivity contribution < 1.29 is 9.53 Å². The summed E-state index contributed by atoms with van der Waals surface area (Å²) in [7, 11) is 0. The maximum atomic E-state index is 13.9. The number of thiazole rings is 1. The molecule has 4 rings (SSSR count). The van der Waals surface area contributed by atoms with Gasteiger partial charge < -0.3 is 10.1 Å². The van der Waals surface area contributed by atoms with Gasteiger partial charge in [-0.1, -0.05) is 39.0 Å². The fraction of sp³-hybridized carbons (Fsp3) is 0.714. The minimum absolute atomic E-state index is 0.0513. The molecule has 1 N–H and O–H groups in total. The predicted molar refractivity (Wildman–Crippen MR) is 143 cm³/mol. The van der Waals surface area contributed by atoms with Crippen LogP contribution < -0.4 is 5.32 Å². The average molecular weight is 486 g/mol. The molecule has 1 unspecified atom stereocenters. The third-order valence-corrected chi connectivity index (χ3v) is 8.65. The Morgan fingerprint density at radius 3 is 2.47 bits per heavy atom. The fourth-order valence-corrected chi connectivity index (χ4v) is 6.53. The van der Waals surface area contributed by atoms with Crippen LogP contribution in [-0.2, 0) is 10.2 Å². The Labute approximate surface area is 209 Å². The number of ketones is 1. The average Bonchev–Trinajstić information content (AvgIpc) is 3.46. The summed E-state index contributed by atoms with van der Waals surface area (Å²) < 4.78 is 7.17. The van der Waals surface area contributed by atoms with Crippen LogP contribution in [0.15, 0.2) is 12.1 Å². The molecule has 0 saturated heterocycles. The first kappa shape index (κ1) is 25.6. The SMILES string of the molecule is CCN(CC1CC1)C1C(=O)c2ccc3nc(NC(C)(C)COC(C)(C)C)sc3c2C(C)(C)[C@H]1C. The highest BCUT2D eigenvalue weighted by atomic mass is 32.1. The molecule has 1 aromatic heterocycles. The van der Waals surface area contributed by atoms with E-state index in [2.05, 4.69) is 72.5 Å². The monoisotopic (exact) mass is 485 g/mol. The van der Waals surface area contributed by atoms with Crippen LogP contribution in [0.2, 0.25) is 0 Å². The Hall–Kier alpha value is -1.50. The number of aromatic nitrogens is 1. The summed E-state index contributed by atoms with van der Waals surface area (Å²) >= 11 is 1.67.